The number of rotatable bonds is 9. The lowest BCUT2D eigenvalue weighted by Crippen LogP contribution is -2.14. The number of methoxy groups -OCH3 is 1. The second-order valence-electron chi connectivity index (χ2n) is 5.65. The second-order valence-corrected chi connectivity index (χ2v) is 5.65. The molecule has 0 saturated heterocycles. The van der Waals surface area contributed by atoms with E-state index in [1.54, 1.807) is 13.4 Å². The molecule has 0 atom stereocenters. The molecule has 10 heteroatoms. The minimum absolute atomic E-state index is 0. The zero-order valence-electron chi connectivity index (χ0n) is 15.2. The molecule has 0 radical (unpaired) electrons. The van der Waals surface area contributed by atoms with Crippen molar-refractivity contribution in [2.45, 2.75) is 19.4 Å². The highest BCUT2D eigenvalue weighted by atomic mass is 35.5. The minimum atomic E-state index is 0. The van der Waals surface area contributed by atoms with E-state index in [9.17, 15) is 0 Å². The largest absolute Gasteiger partial charge is 0.383 e. The van der Waals surface area contributed by atoms with Gasteiger partial charge in [0.1, 0.15) is 23.8 Å². The molecule has 8 nitrogen and oxygen atoms in total. The van der Waals surface area contributed by atoms with Gasteiger partial charge in [-0.15, -0.1) is 35.0 Å². The molecule has 3 N–H and O–H groups in total. The van der Waals surface area contributed by atoms with Crippen LogP contribution in [0.3, 0.4) is 0 Å². The summed E-state index contributed by atoms with van der Waals surface area (Å²) < 4.78 is 7.11. The van der Waals surface area contributed by atoms with E-state index in [0.29, 0.717) is 26.1 Å². The summed E-state index contributed by atoms with van der Waals surface area (Å²) in [4.78, 5) is 9.18. The molecule has 0 aliphatic carbocycles. The minimum Gasteiger partial charge on any atom is -0.383 e. The van der Waals surface area contributed by atoms with E-state index in [0.717, 1.165) is 41.3 Å². The standard InChI is InChI=1S/C17H23N7O.2ClH/c1-25-11-10-24-12-20-23-16(24)7-9-19-17-13-4-2-3-5-14(13)21-15(22-17)6-8-18;;/h2-5,12H,6-11,18H2,1H3,(H,19,21,22);2*1H. The first-order valence-corrected chi connectivity index (χ1v) is 8.37. The molecule has 0 fully saturated rings. The summed E-state index contributed by atoms with van der Waals surface area (Å²) in [7, 11) is 1.69. The van der Waals surface area contributed by atoms with Crippen molar-refractivity contribution in [3.05, 3.63) is 42.2 Å². The van der Waals surface area contributed by atoms with Gasteiger partial charge >= 0.3 is 0 Å². The summed E-state index contributed by atoms with van der Waals surface area (Å²) in [6, 6.07) is 7.97. The predicted octanol–water partition coefficient (Wildman–Crippen LogP) is 1.87. The van der Waals surface area contributed by atoms with Crippen LogP contribution in [0.2, 0.25) is 0 Å². The van der Waals surface area contributed by atoms with Crippen molar-refractivity contribution >= 4 is 41.5 Å². The molecular formula is C17H25Cl2N7O. The number of para-hydroxylation sites is 1. The number of ether oxygens (including phenoxy) is 1. The number of hydrogen-bond donors (Lipinski definition) is 2. The zero-order chi connectivity index (χ0) is 17.5. The number of fused-ring (bicyclic) bond motifs is 1. The maximum Gasteiger partial charge on any atom is 0.137 e. The first-order valence-electron chi connectivity index (χ1n) is 8.37. The van der Waals surface area contributed by atoms with E-state index in [2.05, 4.69) is 25.5 Å². The Hall–Kier alpha value is -2.00. The van der Waals surface area contributed by atoms with E-state index in [4.69, 9.17) is 10.5 Å². The lowest BCUT2D eigenvalue weighted by molar-refractivity contribution is 0.186. The normalized spacial score (nSPS) is 10.3. The third kappa shape index (κ3) is 6.00. The van der Waals surface area contributed by atoms with Gasteiger partial charge < -0.3 is 20.4 Å². The maximum absolute atomic E-state index is 5.65. The van der Waals surface area contributed by atoms with Crippen LogP contribution in [-0.4, -0.2) is 51.5 Å². The third-order valence-corrected chi connectivity index (χ3v) is 3.89. The number of benzene rings is 1. The smallest absolute Gasteiger partial charge is 0.137 e. The average Bonchev–Trinajstić information content (AvgIpc) is 3.07. The van der Waals surface area contributed by atoms with Gasteiger partial charge in [-0.3, -0.25) is 0 Å². The Morgan fingerprint density at radius 1 is 1.15 bits per heavy atom. The molecule has 27 heavy (non-hydrogen) atoms. The van der Waals surface area contributed by atoms with Gasteiger partial charge in [-0.2, -0.15) is 0 Å². The highest BCUT2D eigenvalue weighted by Gasteiger charge is 2.08. The lowest BCUT2D eigenvalue weighted by atomic mass is 10.2. The Morgan fingerprint density at radius 2 is 1.96 bits per heavy atom. The Bertz CT molecular complexity index is 828. The summed E-state index contributed by atoms with van der Waals surface area (Å²) in [5, 5.41) is 12.6. The fraction of sp³-hybridized carbons (Fsp3) is 0.412. The lowest BCUT2D eigenvalue weighted by Gasteiger charge is -2.11. The van der Waals surface area contributed by atoms with Crippen molar-refractivity contribution in [2.75, 3.05) is 32.1 Å². The molecule has 0 aliphatic rings. The van der Waals surface area contributed by atoms with Gasteiger partial charge in [-0.1, -0.05) is 12.1 Å². The fourth-order valence-electron chi connectivity index (χ4n) is 2.64. The predicted molar refractivity (Wildman–Crippen MR) is 111 cm³/mol. The third-order valence-electron chi connectivity index (χ3n) is 3.89. The van der Waals surface area contributed by atoms with Crippen molar-refractivity contribution in [2.24, 2.45) is 5.73 Å². The summed E-state index contributed by atoms with van der Waals surface area (Å²) in [5.74, 6) is 2.51. The molecule has 0 unspecified atom stereocenters. The average molecular weight is 414 g/mol. The molecule has 0 aliphatic heterocycles. The van der Waals surface area contributed by atoms with Gasteiger partial charge in [0.2, 0.25) is 0 Å². The van der Waals surface area contributed by atoms with Crippen LogP contribution in [0, 0.1) is 0 Å². The van der Waals surface area contributed by atoms with Crippen LogP contribution in [0.4, 0.5) is 5.82 Å². The van der Waals surface area contributed by atoms with Crippen LogP contribution in [-0.2, 0) is 24.1 Å². The number of anilines is 1. The van der Waals surface area contributed by atoms with E-state index in [1.165, 1.54) is 0 Å². The number of nitrogens with two attached hydrogens (primary N) is 1. The van der Waals surface area contributed by atoms with E-state index in [1.807, 2.05) is 28.8 Å². The van der Waals surface area contributed by atoms with Crippen LogP contribution in [0.15, 0.2) is 30.6 Å². The number of nitrogens with zero attached hydrogens (tertiary/aromatic N) is 5. The van der Waals surface area contributed by atoms with Gasteiger partial charge in [0.05, 0.1) is 12.1 Å². The highest BCUT2D eigenvalue weighted by molar-refractivity contribution is 5.89. The Morgan fingerprint density at radius 3 is 2.74 bits per heavy atom. The summed E-state index contributed by atoms with van der Waals surface area (Å²) in [5.41, 5.74) is 6.57. The van der Waals surface area contributed by atoms with Crippen molar-refractivity contribution in [3.63, 3.8) is 0 Å². The number of hydrogen-bond acceptors (Lipinski definition) is 7. The molecule has 0 spiro atoms. The van der Waals surface area contributed by atoms with Crippen LogP contribution >= 0.6 is 24.8 Å². The van der Waals surface area contributed by atoms with Crippen molar-refractivity contribution in [1.82, 2.24) is 24.7 Å². The summed E-state index contributed by atoms with van der Waals surface area (Å²) >= 11 is 0. The number of nitrogens with one attached hydrogen (secondary N) is 1. The van der Waals surface area contributed by atoms with Crippen LogP contribution in [0.25, 0.3) is 10.9 Å². The van der Waals surface area contributed by atoms with E-state index in [-0.39, 0.29) is 24.8 Å². The number of halogens is 2. The van der Waals surface area contributed by atoms with Gasteiger partial charge in [0, 0.05) is 38.4 Å². The SMILES string of the molecule is COCCn1cnnc1CCNc1nc(CCN)nc2ccccc12.Cl.Cl. The quantitative estimate of drug-likeness (QED) is 0.551. The first kappa shape index (κ1) is 23.0. The molecule has 2 aromatic heterocycles. The molecule has 0 saturated carbocycles. The van der Waals surface area contributed by atoms with Crippen molar-refractivity contribution in [3.8, 4) is 0 Å². The molecule has 0 bridgehead atoms. The summed E-state index contributed by atoms with van der Waals surface area (Å²) in [6.45, 7) is 2.61. The molecule has 148 valence electrons. The zero-order valence-corrected chi connectivity index (χ0v) is 16.8. The van der Waals surface area contributed by atoms with Crippen LogP contribution in [0.5, 0.6) is 0 Å². The molecule has 3 rings (SSSR count). The van der Waals surface area contributed by atoms with Crippen molar-refractivity contribution in [1.29, 1.82) is 0 Å². The van der Waals surface area contributed by atoms with E-state index >= 15 is 0 Å². The van der Waals surface area contributed by atoms with Crippen LogP contribution < -0.4 is 11.1 Å². The van der Waals surface area contributed by atoms with Gasteiger partial charge in [0.25, 0.3) is 0 Å². The maximum atomic E-state index is 5.65. The highest BCUT2D eigenvalue weighted by Crippen LogP contribution is 2.20. The second kappa shape index (κ2) is 11.7. The molecule has 2 heterocycles. The van der Waals surface area contributed by atoms with E-state index < -0.39 is 0 Å². The fourth-order valence-corrected chi connectivity index (χ4v) is 2.64. The van der Waals surface area contributed by atoms with Crippen LogP contribution in [0.1, 0.15) is 11.6 Å². The summed E-state index contributed by atoms with van der Waals surface area (Å²) in [6.07, 6.45) is 3.13. The Kier molecular flexibility index (Phi) is 9.95. The van der Waals surface area contributed by atoms with Gasteiger partial charge in [-0.25, -0.2) is 9.97 Å². The Labute approximate surface area is 170 Å². The topological polar surface area (TPSA) is 104 Å². The Balaban J connectivity index is 0.00000182. The molecular weight excluding hydrogens is 389 g/mol. The molecule has 3 aromatic rings. The monoisotopic (exact) mass is 413 g/mol. The molecule has 0 amide bonds. The van der Waals surface area contributed by atoms with Gasteiger partial charge in [0.15, 0.2) is 0 Å². The number of aromatic nitrogens is 5. The van der Waals surface area contributed by atoms with Crippen molar-refractivity contribution < 1.29 is 4.74 Å². The molecule has 1 aromatic carbocycles. The first-order chi connectivity index (χ1) is 12.3. The van der Waals surface area contributed by atoms with Gasteiger partial charge in [-0.05, 0) is 18.7 Å².